The summed E-state index contributed by atoms with van der Waals surface area (Å²) in [4.78, 5) is 11.9. The third kappa shape index (κ3) is 1.63. The maximum atomic E-state index is 11.9. The molecule has 0 spiro atoms. The highest BCUT2D eigenvalue weighted by molar-refractivity contribution is 9.10. The Hall–Kier alpha value is -1.41. The van der Waals surface area contributed by atoms with Crippen LogP contribution in [0.5, 0.6) is 0 Å². The number of allylic oxidation sites excluding steroid dienone is 2. The molecule has 3 rings (SSSR count). The zero-order chi connectivity index (χ0) is 13.8. The van der Waals surface area contributed by atoms with Crippen LogP contribution in [-0.2, 0) is 23.7 Å². The van der Waals surface area contributed by atoms with Crippen molar-refractivity contribution < 1.29 is 4.79 Å². The van der Waals surface area contributed by atoms with E-state index in [1.54, 1.807) is 0 Å². The highest BCUT2D eigenvalue weighted by atomic mass is 79.9. The summed E-state index contributed by atoms with van der Waals surface area (Å²) in [5.41, 5.74) is 2.38. The summed E-state index contributed by atoms with van der Waals surface area (Å²) in [6.07, 6.45) is 4.23. The van der Waals surface area contributed by atoms with Crippen molar-refractivity contribution in [1.82, 2.24) is 9.78 Å². The molecular weight excluding hydrogens is 306 g/mol. The van der Waals surface area contributed by atoms with Gasteiger partial charge in [0.1, 0.15) is 10.7 Å². The molecule has 98 valence electrons. The molecule has 2 aliphatic rings. The van der Waals surface area contributed by atoms with E-state index < -0.39 is 0 Å². The van der Waals surface area contributed by atoms with Gasteiger partial charge in [-0.1, -0.05) is 13.0 Å². The Kier molecular flexibility index (Phi) is 2.68. The van der Waals surface area contributed by atoms with Gasteiger partial charge in [-0.25, -0.2) is 0 Å². The second kappa shape index (κ2) is 4.04. The van der Waals surface area contributed by atoms with Crippen LogP contribution in [-0.4, -0.2) is 15.6 Å². The van der Waals surface area contributed by atoms with Gasteiger partial charge >= 0.3 is 0 Å². The van der Waals surface area contributed by atoms with Crippen molar-refractivity contribution in [2.24, 2.45) is 13.0 Å². The minimum Gasteiger partial charge on any atom is -0.293 e. The molecule has 0 amide bonds. The minimum atomic E-state index is -0.264. The van der Waals surface area contributed by atoms with Crippen molar-refractivity contribution >= 4 is 21.7 Å². The normalized spacial score (nSPS) is 29.3. The van der Waals surface area contributed by atoms with Crippen molar-refractivity contribution in [3.63, 3.8) is 0 Å². The summed E-state index contributed by atoms with van der Waals surface area (Å²) >= 11 is 3.50. The van der Waals surface area contributed by atoms with E-state index in [0.29, 0.717) is 12.0 Å². The van der Waals surface area contributed by atoms with E-state index in [0.717, 1.165) is 23.1 Å². The number of Topliss-reactive ketones (excluding diaryl/α,β-unsaturated/α-hetero) is 1. The lowest BCUT2D eigenvalue weighted by atomic mass is 9.62. The Bertz CT molecular complexity index is 652. The Morgan fingerprint density at radius 3 is 3.05 bits per heavy atom. The Balaban J connectivity index is 2.25. The summed E-state index contributed by atoms with van der Waals surface area (Å²) in [6.45, 7) is 2.12. The number of aromatic nitrogens is 2. The molecule has 2 unspecified atom stereocenters. The van der Waals surface area contributed by atoms with Crippen LogP contribution in [0.25, 0.3) is 0 Å². The topological polar surface area (TPSA) is 58.7 Å². The molecule has 1 heterocycles. The molecule has 2 atom stereocenters. The molecule has 5 heteroatoms. The van der Waals surface area contributed by atoms with Gasteiger partial charge < -0.3 is 0 Å². The predicted octanol–water partition coefficient (Wildman–Crippen LogP) is 2.43. The number of fused-ring (bicyclic) bond motifs is 3. The van der Waals surface area contributed by atoms with Gasteiger partial charge in [0.15, 0.2) is 5.78 Å². The fourth-order valence-electron chi connectivity index (χ4n) is 3.55. The third-order valence-electron chi connectivity index (χ3n) is 4.49. The third-order valence-corrected chi connectivity index (χ3v) is 5.13. The van der Waals surface area contributed by atoms with E-state index in [2.05, 4.69) is 28.0 Å². The number of hydrogen-bond donors (Lipinski definition) is 0. The monoisotopic (exact) mass is 319 g/mol. The van der Waals surface area contributed by atoms with Crippen LogP contribution in [0.2, 0.25) is 0 Å². The first-order chi connectivity index (χ1) is 8.97. The standard InChI is InChI=1S/C14H14BrN3O/c1-14-6-8(7-16)11(19)5-9(14)3-4-10-12(14)18(2)17-13(10)15/h6,9H,3-5H2,1-2H3. The van der Waals surface area contributed by atoms with E-state index in [-0.39, 0.29) is 17.1 Å². The van der Waals surface area contributed by atoms with Crippen molar-refractivity contribution in [2.45, 2.75) is 31.6 Å². The average molecular weight is 320 g/mol. The van der Waals surface area contributed by atoms with Crippen molar-refractivity contribution in [1.29, 1.82) is 5.26 Å². The van der Waals surface area contributed by atoms with Crippen molar-refractivity contribution in [3.8, 4) is 6.07 Å². The lowest BCUT2D eigenvalue weighted by molar-refractivity contribution is -0.117. The van der Waals surface area contributed by atoms with Gasteiger partial charge in [-0.15, -0.1) is 0 Å². The molecule has 0 aliphatic heterocycles. The van der Waals surface area contributed by atoms with E-state index in [1.165, 1.54) is 5.56 Å². The summed E-state index contributed by atoms with van der Waals surface area (Å²) < 4.78 is 2.76. The lowest BCUT2D eigenvalue weighted by Crippen LogP contribution is -2.41. The summed E-state index contributed by atoms with van der Waals surface area (Å²) in [5.74, 6) is 0.251. The van der Waals surface area contributed by atoms with Crippen molar-refractivity contribution in [2.75, 3.05) is 0 Å². The SMILES string of the molecule is Cn1nc(Br)c2c1C1(C)C=C(C#N)C(=O)CC1CC2. The maximum absolute atomic E-state index is 11.9. The highest BCUT2D eigenvalue weighted by Gasteiger charge is 2.46. The quantitative estimate of drug-likeness (QED) is 0.738. The van der Waals surface area contributed by atoms with Crippen LogP contribution in [0, 0.1) is 17.2 Å². The molecule has 0 aromatic carbocycles. The van der Waals surface area contributed by atoms with Crippen LogP contribution in [0.3, 0.4) is 0 Å². The summed E-state index contributed by atoms with van der Waals surface area (Å²) in [5, 5.41) is 13.6. The molecule has 0 saturated heterocycles. The second-order valence-electron chi connectivity index (χ2n) is 5.56. The molecule has 0 bridgehead atoms. The average Bonchev–Trinajstić information content (AvgIpc) is 2.66. The number of rotatable bonds is 0. The van der Waals surface area contributed by atoms with Crippen LogP contribution >= 0.6 is 15.9 Å². The Morgan fingerprint density at radius 2 is 2.37 bits per heavy atom. The summed E-state index contributed by atoms with van der Waals surface area (Å²) in [7, 11) is 1.92. The van der Waals surface area contributed by atoms with Crippen LogP contribution in [0.15, 0.2) is 16.3 Å². The number of hydrogen-bond acceptors (Lipinski definition) is 3. The fraction of sp³-hybridized carbons (Fsp3) is 0.500. The van der Waals surface area contributed by atoms with Gasteiger partial charge in [-0.3, -0.25) is 9.48 Å². The first-order valence-electron chi connectivity index (χ1n) is 6.35. The van der Waals surface area contributed by atoms with Gasteiger partial charge in [0.05, 0.1) is 11.3 Å². The van der Waals surface area contributed by atoms with Crippen molar-refractivity contribution in [3.05, 3.63) is 27.5 Å². The molecule has 0 saturated carbocycles. The molecule has 0 N–H and O–H groups in total. The van der Waals surface area contributed by atoms with Gasteiger partial charge in [-0.2, -0.15) is 10.4 Å². The van der Waals surface area contributed by atoms with Gasteiger partial charge in [0, 0.05) is 24.4 Å². The number of aryl methyl sites for hydroxylation is 1. The zero-order valence-corrected chi connectivity index (χ0v) is 12.5. The molecule has 0 fully saturated rings. The first-order valence-corrected chi connectivity index (χ1v) is 7.14. The maximum Gasteiger partial charge on any atom is 0.173 e. The number of nitriles is 1. The number of ketones is 1. The van der Waals surface area contributed by atoms with Crippen LogP contribution in [0.1, 0.15) is 31.0 Å². The summed E-state index contributed by atoms with van der Waals surface area (Å²) in [6, 6.07) is 2.04. The van der Waals surface area contributed by atoms with Gasteiger partial charge in [0.2, 0.25) is 0 Å². The lowest BCUT2D eigenvalue weighted by Gasteiger charge is -2.42. The fourth-order valence-corrected chi connectivity index (χ4v) is 4.18. The molecule has 4 nitrogen and oxygen atoms in total. The van der Waals surface area contributed by atoms with E-state index >= 15 is 0 Å². The molecule has 1 aromatic rings. The number of carbonyl (C=O) groups excluding carboxylic acids is 1. The Labute approximate surface area is 120 Å². The predicted molar refractivity (Wildman–Crippen MR) is 73.4 cm³/mol. The first kappa shape index (κ1) is 12.6. The van der Waals surface area contributed by atoms with Gasteiger partial charge in [-0.05, 0) is 34.7 Å². The smallest absolute Gasteiger partial charge is 0.173 e. The molecular formula is C14H14BrN3O. The molecule has 1 aromatic heterocycles. The van der Waals surface area contributed by atoms with E-state index in [4.69, 9.17) is 5.26 Å². The van der Waals surface area contributed by atoms with Crippen LogP contribution in [0.4, 0.5) is 0 Å². The van der Waals surface area contributed by atoms with E-state index in [9.17, 15) is 4.79 Å². The highest BCUT2D eigenvalue weighted by Crippen LogP contribution is 2.48. The molecule has 19 heavy (non-hydrogen) atoms. The minimum absolute atomic E-state index is 0.0188. The Morgan fingerprint density at radius 1 is 1.63 bits per heavy atom. The van der Waals surface area contributed by atoms with Gasteiger partial charge in [0.25, 0.3) is 0 Å². The van der Waals surface area contributed by atoms with Crippen LogP contribution < -0.4 is 0 Å². The largest absolute Gasteiger partial charge is 0.293 e. The number of nitrogens with zero attached hydrogens (tertiary/aromatic N) is 3. The molecule has 2 aliphatic carbocycles. The molecule has 0 radical (unpaired) electrons. The zero-order valence-electron chi connectivity index (χ0n) is 10.9. The number of carbonyl (C=O) groups is 1. The number of halogens is 1. The second-order valence-corrected chi connectivity index (χ2v) is 6.31. The van der Waals surface area contributed by atoms with E-state index in [1.807, 2.05) is 23.9 Å².